The summed E-state index contributed by atoms with van der Waals surface area (Å²) < 4.78 is 4.57. The molecule has 1 atom stereocenters. The Kier molecular flexibility index (Phi) is 5.61. The van der Waals surface area contributed by atoms with Crippen LogP contribution in [0.3, 0.4) is 0 Å². The van der Waals surface area contributed by atoms with Crippen LogP contribution in [-0.2, 0) is 19.1 Å². The molecule has 2 amide bonds. The average molecular weight is 256 g/mol. The Labute approximate surface area is 106 Å². The van der Waals surface area contributed by atoms with Crippen LogP contribution in [-0.4, -0.2) is 30.4 Å². The Balaban J connectivity index is 2.48. The molecule has 0 bridgehead atoms. The van der Waals surface area contributed by atoms with Gasteiger partial charge >= 0.3 is 5.97 Å². The van der Waals surface area contributed by atoms with E-state index in [1.54, 1.807) is 0 Å². The monoisotopic (exact) mass is 256 g/mol. The molecule has 0 spiro atoms. The molecular formula is C12H20N2O4. The molecule has 3 N–H and O–H groups in total. The predicted molar refractivity (Wildman–Crippen MR) is 64.3 cm³/mol. The maximum Gasteiger partial charge on any atom is 0.303 e. The highest BCUT2D eigenvalue weighted by atomic mass is 16.5. The van der Waals surface area contributed by atoms with Gasteiger partial charge in [0.2, 0.25) is 5.91 Å². The van der Waals surface area contributed by atoms with E-state index < -0.39 is 23.8 Å². The van der Waals surface area contributed by atoms with E-state index in [1.807, 2.05) is 0 Å². The lowest BCUT2D eigenvalue weighted by molar-refractivity contribution is -0.147. The van der Waals surface area contributed by atoms with E-state index >= 15 is 0 Å². The molecule has 0 radical (unpaired) electrons. The molecule has 6 nitrogen and oxygen atoms in total. The highest BCUT2D eigenvalue weighted by Crippen LogP contribution is 2.26. The van der Waals surface area contributed by atoms with E-state index in [1.165, 1.54) is 6.92 Å². The number of amides is 2. The van der Waals surface area contributed by atoms with Crippen LogP contribution in [0.5, 0.6) is 0 Å². The van der Waals surface area contributed by atoms with Crippen molar-refractivity contribution in [1.82, 2.24) is 5.32 Å². The van der Waals surface area contributed by atoms with Crippen LogP contribution in [0.2, 0.25) is 0 Å². The van der Waals surface area contributed by atoms with Gasteiger partial charge in [-0.2, -0.15) is 0 Å². The maximum absolute atomic E-state index is 11.5. The summed E-state index contributed by atoms with van der Waals surface area (Å²) in [4.78, 5) is 33.5. The van der Waals surface area contributed by atoms with Crippen LogP contribution < -0.4 is 11.1 Å². The van der Waals surface area contributed by atoms with Gasteiger partial charge in [-0.1, -0.05) is 19.3 Å². The van der Waals surface area contributed by atoms with Gasteiger partial charge in [0, 0.05) is 6.92 Å². The molecule has 1 aliphatic carbocycles. The van der Waals surface area contributed by atoms with Gasteiger partial charge in [-0.25, -0.2) is 0 Å². The number of primary amides is 1. The first kappa shape index (κ1) is 14.5. The van der Waals surface area contributed by atoms with Crippen LogP contribution in [0.4, 0.5) is 0 Å². The summed E-state index contributed by atoms with van der Waals surface area (Å²) >= 11 is 0. The zero-order valence-electron chi connectivity index (χ0n) is 10.6. The van der Waals surface area contributed by atoms with Gasteiger partial charge in [0.25, 0.3) is 5.91 Å². The zero-order chi connectivity index (χ0) is 13.5. The Hall–Kier alpha value is -1.59. The number of carbonyl (C=O) groups excluding carboxylic acids is 3. The standard InChI is InChI=1S/C12H20N2O4/c1-8(15)18-7-10(16)14-11(12(13)17)9-5-3-2-4-6-9/h9,11H,2-7H2,1H3,(H2,13,17)(H,14,16)/t11-/m0/s1. The lowest BCUT2D eigenvalue weighted by Crippen LogP contribution is -2.50. The third-order valence-electron chi connectivity index (χ3n) is 3.15. The van der Waals surface area contributed by atoms with Gasteiger partial charge in [-0.15, -0.1) is 0 Å². The molecule has 0 saturated heterocycles. The molecular weight excluding hydrogens is 236 g/mol. The molecule has 0 aromatic carbocycles. The molecule has 1 rings (SSSR count). The van der Waals surface area contributed by atoms with Gasteiger partial charge in [0.15, 0.2) is 6.61 Å². The number of carbonyl (C=O) groups is 3. The van der Waals surface area contributed by atoms with Crippen molar-refractivity contribution in [3.8, 4) is 0 Å². The van der Waals surface area contributed by atoms with Crippen molar-refractivity contribution in [3.63, 3.8) is 0 Å². The van der Waals surface area contributed by atoms with Crippen molar-refractivity contribution in [2.45, 2.75) is 45.1 Å². The van der Waals surface area contributed by atoms with Crippen LogP contribution in [0.15, 0.2) is 0 Å². The van der Waals surface area contributed by atoms with E-state index in [0.29, 0.717) is 0 Å². The molecule has 0 aromatic heterocycles. The number of nitrogens with two attached hydrogens (primary N) is 1. The number of esters is 1. The second-order valence-electron chi connectivity index (χ2n) is 4.63. The van der Waals surface area contributed by atoms with E-state index in [9.17, 15) is 14.4 Å². The number of hydrogen-bond donors (Lipinski definition) is 2. The first-order valence-electron chi connectivity index (χ1n) is 6.22. The lowest BCUT2D eigenvalue weighted by Gasteiger charge is -2.28. The average Bonchev–Trinajstić information content (AvgIpc) is 2.34. The fourth-order valence-electron chi connectivity index (χ4n) is 2.27. The summed E-state index contributed by atoms with van der Waals surface area (Å²) in [5, 5.41) is 2.55. The third kappa shape index (κ3) is 4.73. The first-order valence-corrected chi connectivity index (χ1v) is 6.22. The SMILES string of the molecule is CC(=O)OCC(=O)N[C@H](C(N)=O)C1CCCCC1. The van der Waals surface area contributed by atoms with Gasteiger partial charge in [-0.3, -0.25) is 14.4 Å². The molecule has 0 unspecified atom stereocenters. The summed E-state index contributed by atoms with van der Waals surface area (Å²) in [6.45, 7) is 0.853. The minimum absolute atomic E-state index is 0.0949. The topological polar surface area (TPSA) is 98.5 Å². The summed E-state index contributed by atoms with van der Waals surface area (Å²) in [7, 11) is 0. The quantitative estimate of drug-likeness (QED) is 0.681. The van der Waals surface area contributed by atoms with E-state index in [2.05, 4.69) is 10.1 Å². The van der Waals surface area contributed by atoms with Crippen molar-refractivity contribution >= 4 is 17.8 Å². The van der Waals surface area contributed by atoms with Crippen molar-refractivity contribution < 1.29 is 19.1 Å². The van der Waals surface area contributed by atoms with Crippen molar-refractivity contribution in [2.75, 3.05) is 6.61 Å². The molecule has 6 heteroatoms. The van der Waals surface area contributed by atoms with Gasteiger partial charge in [0.05, 0.1) is 0 Å². The van der Waals surface area contributed by atoms with Crippen molar-refractivity contribution in [2.24, 2.45) is 11.7 Å². The van der Waals surface area contributed by atoms with Crippen LogP contribution in [0.25, 0.3) is 0 Å². The lowest BCUT2D eigenvalue weighted by atomic mass is 9.83. The van der Waals surface area contributed by atoms with Crippen LogP contribution >= 0.6 is 0 Å². The summed E-state index contributed by atoms with van der Waals surface area (Å²) in [6.07, 6.45) is 5.04. The number of hydrogen-bond acceptors (Lipinski definition) is 4. The number of ether oxygens (including phenoxy) is 1. The molecule has 0 aromatic rings. The van der Waals surface area contributed by atoms with E-state index in [0.717, 1.165) is 32.1 Å². The smallest absolute Gasteiger partial charge is 0.303 e. The molecule has 1 fully saturated rings. The fraction of sp³-hybridized carbons (Fsp3) is 0.750. The second kappa shape index (κ2) is 6.98. The maximum atomic E-state index is 11.5. The van der Waals surface area contributed by atoms with Gasteiger partial charge in [-0.05, 0) is 18.8 Å². The summed E-state index contributed by atoms with van der Waals surface area (Å²) in [5.74, 6) is -1.45. The first-order chi connectivity index (χ1) is 8.50. The highest BCUT2D eigenvalue weighted by Gasteiger charge is 2.29. The number of nitrogens with one attached hydrogen (secondary N) is 1. The largest absolute Gasteiger partial charge is 0.456 e. The van der Waals surface area contributed by atoms with Crippen molar-refractivity contribution in [1.29, 1.82) is 0 Å². The summed E-state index contributed by atoms with van der Waals surface area (Å²) in [6, 6.07) is -0.659. The molecule has 18 heavy (non-hydrogen) atoms. The zero-order valence-corrected chi connectivity index (χ0v) is 10.6. The predicted octanol–water partition coefficient (Wildman–Crippen LogP) is 0.0999. The van der Waals surface area contributed by atoms with Crippen LogP contribution in [0.1, 0.15) is 39.0 Å². The summed E-state index contributed by atoms with van der Waals surface area (Å²) in [5.41, 5.74) is 5.31. The van der Waals surface area contributed by atoms with E-state index in [4.69, 9.17) is 5.73 Å². The Bertz CT molecular complexity index is 324. The second-order valence-corrected chi connectivity index (χ2v) is 4.63. The molecule has 1 aliphatic rings. The van der Waals surface area contributed by atoms with Gasteiger partial charge < -0.3 is 15.8 Å². The molecule has 0 aliphatic heterocycles. The minimum atomic E-state index is -0.659. The van der Waals surface area contributed by atoms with Crippen LogP contribution in [0, 0.1) is 5.92 Å². The highest BCUT2D eigenvalue weighted by molar-refractivity contribution is 5.88. The Morgan fingerprint density at radius 3 is 2.39 bits per heavy atom. The third-order valence-corrected chi connectivity index (χ3v) is 3.15. The fourth-order valence-corrected chi connectivity index (χ4v) is 2.27. The van der Waals surface area contributed by atoms with Crippen molar-refractivity contribution in [3.05, 3.63) is 0 Å². The molecule has 1 saturated carbocycles. The molecule has 0 heterocycles. The van der Waals surface area contributed by atoms with Gasteiger partial charge in [0.1, 0.15) is 6.04 Å². The number of rotatable bonds is 5. The Morgan fingerprint density at radius 1 is 1.28 bits per heavy atom. The normalized spacial score (nSPS) is 17.8. The molecule has 102 valence electrons. The minimum Gasteiger partial charge on any atom is -0.456 e. The Morgan fingerprint density at radius 2 is 1.89 bits per heavy atom. The van der Waals surface area contributed by atoms with E-state index in [-0.39, 0.29) is 12.5 Å².